The van der Waals surface area contributed by atoms with Crippen LogP contribution in [-0.4, -0.2) is 65.6 Å². The van der Waals surface area contributed by atoms with Crippen LogP contribution in [0.4, 0.5) is 0 Å². The van der Waals surface area contributed by atoms with Gasteiger partial charge in [-0.05, 0) is 25.9 Å². The summed E-state index contributed by atoms with van der Waals surface area (Å²) in [6.07, 6.45) is 1.18. The standard InChI is InChI=1S/C11H27NO5Si2/c1-11(13-2,14-3)10(18-9-7-8-12-18)19(15-4,16-5)17-6/h10,12,18H,7-9H2,1-6H3. The molecule has 1 N–H and O–H groups in total. The molecule has 0 aromatic carbocycles. The molecule has 0 aliphatic carbocycles. The summed E-state index contributed by atoms with van der Waals surface area (Å²) >= 11 is 0. The minimum atomic E-state index is -2.84. The van der Waals surface area contributed by atoms with E-state index in [2.05, 4.69) is 4.98 Å². The highest BCUT2D eigenvalue weighted by Gasteiger charge is 2.61. The van der Waals surface area contributed by atoms with Crippen molar-refractivity contribution < 1.29 is 22.8 Å². The number of hydrogen-bond acceptors (Lipinski definition) is 6. The molecule has 6 nitrogen and oxygen atoms in total. The molecule has 19 heavy (non-hydrogen) atoms. The number of rotatable bonds is 8. The molecule has 0 bridgehead atoms. The molecule has 2 atom stereocenters. The van der Waals surface area contributed by atoms with Crippen molar-refractivity contribution in [3.63, 3.8) is 0 Å². The second-order valence-electron chi connectivity index (χ2n) is 4.82. The van der Waals surface area contributed by atoms with Gasteiger partial charge < -0.3 is 27.7 Å². The molecule has 1 fully saturated rings. The predicted octanol–water partition coefficient (Wildman–Crippen LogP) is 0.500. The van der Waals surface area contributed by atoms with E-state index in [0.717, 1.165) is 12.6 Å². The summed E-state index contributed by atoms with van der Waals surface area (Å²) in [5.74, 6) is -0.761. The van der Waals surface area contributed by atoms with Crippen LogP contribution >= 0.6 is 0 Å². The molecule has 1 heterocycles. The Labute approximate surface area is 118 Å². The van der Waals surface area contributed by atoms with Gasteiger partial charge in [-0.2, -0.15) is 0 Å². The van der Waals surface area contributed by atoms with Gasteiger partial charge in [0, 0.05) is 35.5 Å². The maximum absolute atomic E-state index is 5.69. The van der Waals surface area contributed by atoms with E-state index in [1.165, 1.54) is 6.42 Å². The summed E-state index contributed by atoms with van der Waals surface area (Å²) in [6.45, 7) is 2.97. The van der Waals surface area contributed by atoms with E-state index in [9.17, 15) is 0 Å². The van der Waals surface area contributed by atoms with E-state index in [1.807, 2.05) is 6.92 Å². The van der Waals surface area contributed by atoms with Crippen molar-refractivity contribution in [2.45, 2.75) is 30.3 Å². The first-order valence-electron chi connectivity index (χ1n) is 6.52. The van der Waals surface area contributed by atoms with E-state index >= 15 is 0 Å². The average molecular weight is 310 g/mol. The molecule has 1 saturated heterocycles. The number of methoxy groups -OCH3 is 2. The summed E-state index contributed by atoms with van der Waals surface area (Å²) in [6, 6.07) is 1.16. The van der Waals surface area contributed by atoms with Crippen LogP contribution in [0.1, 0.15) is 13.3 Å². The average Bonchev–Trinajstić information content (AvgIpc) is 2.97. The largest absolute Gasteiger partial charge is 0.507 e. The maximum Gasteiger partial charge on any atom is 0.507 e. The summed E-state index contributed by atoms with van der Waals surface area (Å²) < 4.78 is 28.4. The van der Waals surface area contributed by atoms with Crippen molar-refractivity contribution in [1.82, 2.24) is 4.98 Å². The Kier molecular flexibility index (Phi) is 6.60. The van der Waals surface area contributed by atoms with Gasteiger partial charge in [0.25, 0.3) is 0 Å². The van der Waals surface area contributed by atoms with E-state index in [-0.39, 0.29) is 5.16 Å². The molecule has 0 aromatic heterocycles. The van der Waals surface area contributed by atoms with Crippen molar-refractivity contribution >= 4 is 17.8 Å². The fraction of sp³-hybridized carbons (Fsp3) is 1.00. The molecule has 8 heteroatoms. The lowest BCUT2D eigenvalue weighted by Gasteiger charge is -2.44. The Hall–Kier alpha value is 0.194. The second kappa shape index (κ2) is 7.27. The highest BCUT2D eigenvalue weighted by Crippen LogP contribution is 2.41. The van der Waals surface area contributed by atoms with Gasteiger partial charge in [-0.1, -0.05) is 0 Å². The third-order valence-corrected chi connectivity index (χ3v) is 12.8. The molecule has 0 amide bonds. The Bertz CT molecular complexity index is 260. The summed E-state index contributed by atoms with van der Waals surface area (Å²) in [4.78, 5) is 3.61. The first-order chi connectivity index (χ1) is 9.03. The lowest BCUT2D eigenvalue weighted by molar-refractivity contribution is -0.194. The van der Waals surface area contributed by atoms with Gasteiger partial charge in [0.05, 0.1) is 5.16 Å². The van der Waals surface area contributed by atoms with Crippen molar-refractivity contribution in [2.24, 2.45) is 0 Å². The molecule has 114 valence electrons. The van der Waals surface area contributed by atoms with Gasteiger partial charge >= 0.3 is 8.80 Å². The number of ether oxygens (including phenoxy) is 2. The van der Waals surface area contributed by atoms with Crippen molar-refractivity contribution in [1.29, 1.82) is 0 Å². The minimum Gasteiger partial charge on any atom is -0.377 e. The maximum atomic E-state index is 5.69. The molecule has 2 unspecified atom stereocenters. The number of hydrogen-bond donors (Lipinski definition) is 1. The third-order valence-electron chi connectivity index (χ3n) is 4.11. The lowest BCUT2D eigenvalue weighted by atomic mass is 10.4. The molecule has 0 radical (unpaired) electrons. The molecule has 0 aromatic rings. The quantitative estimate of drug-likeness (QED) is 0.520. The van der Waals surface area contributed by atoms with E-state index in [4.69, 9.17) is 22.8 Å². The number of nitrogens with one attached hydrogen (secondary N) is 1. The normalized spacial score (nSPS) is 22.7. The first kappa shape index (κ1) is 17.2. The summed E-state index contributed by atoms with van der Waals surface area (Å²) in [5, 5.41) is -0.00231. The Morgan fingerprint density at radius 3 is 1.89 bits per heavy atom. The van der Waals surface area contributed by atoms with Crippen molar-refractivity contribution in [2.75, 3.05) is 42.1 Å². The van der Waals surface area contributed by atoms with Crippen LogP contribution in [0.15, 0.2) is 0 Å². The van der Waals surface area contributed by atoms with Gasteiger partial charge in [0.15, 0.2) is 5.79 Å². The third kappa shape index (κ3) is 3.27. The van der Waals surface area contributed by atoms with Crippen LogP contribution in [0.3, 0.4) is 0 Å². The fourth-order valence-electron chi connectivity index (χ4n) is 2.90. The summed E-state index contributed by atoms with van der Waals surface area (Å²) in [5.41, 5.74) is 0. The highest BCUT2D eigenvalue weighted by atomic mass is 28.4. The zero-order chi connectivity index (χ0) is 14.5. The predicted molar refractivity (Wildman–Crippen MR) is 77.5 cm³/mol. The van der Waals surface area contributed by atoms with Crippen LogP contribution in [0.5, 0.6) is 0 Å². The van der Waals surface area contributed by atoms with Crippen LogP contribution in [-0.2, 0) is 22.8 Å². The van der Waals surface area contributed by atoms with E-state index in [0.29, 0.717) is 0 Å². The molecular formula is C11H27NO5Si2. The first-order valence-corrected chi connectivity index (χ1v) is 10.4. The molecular weight excluding hydrogens is 282 g/mol. The topological polar surface area (TPSA) is 58.2 Å². The van der Waals surface area contributed by atoms with Gasteiger partial charge in [0.1, 0.15) is 8.96 Å². The van der Waals surface area contributed by atoms with Crippen LogP contribution in [0, 0.1) is 0 Å². The zero-order valence-corrected chi connectivity index (χ0v) is 15.0. The summed E-state index contributed by atoms with van der Waals surface area (Å²) in [7, 11) is 4.04. The van der Waals surface area contributed by atoms with Gasteiger partial charge in [-0.25, -0.2) is 0 Å². The van der Waals surface area contributed by atoms with E-state index in [1.54, 1.807) is 35.5 Å². The fourth-order valence-corrected chi connectivity index (χ4v) is 12.1. The van der Waals surface area contributed by atoms with E-state index < -0.39 is 23.5 Å². The Morgan fingerprint density at radius 2 is 1.58 bits per heavy atom. The van der Waals surface area contributed by atoms with Gasteiger partial charge in [-0.15, -0.1) is 0 Å². The lowest BCUT2D eigenvalue weighted by Crippen LogP contribution is -2.63. The highest BCUT2D eigenvalue weighted by molar-refractivity contribution is 6.80. The second-order valence-corrected chi connectivity index (χ2v) is 11.4. The SMILES string of the molecule is COC(C)(OC)C([SiH]1CCCN1)[Si](OC)(OC)OC. The van der Waals surface area contributed by atoms with Crippen LogP contribution in [0.2, 0.25) is 11.2 Å². The zero-order valence-electron chi connectivity index (χ0n) is 12.8. The van der Waals surface area contributed by atoms with Gasteiger partial charge in [0.2, 0.25) is 0 Å². The molecule has 0 spiro atoms. The Morgan fingerprint density at radius 1 is 1.05 bits per heavy atom. The van der Waals surface area contributed by atoms with Crippen molar-refractivity contribution in [3.05, 3.63) is 0 Å². The van der Waals surface area contributed by atoms with Crippen molar-refractivity contribution in [3.8, 4) is 0 Å². The van der Waals surface area contributed by atoms with Crippen LogP contribution < -0.4 is 4.98 Å². The molecule has 1 aliphatic heterocycles. The Balaban J connectivity index is 3.16. The molecule has 1 rings (SSSR count). The van der Waals surface area contributed by atoms with Crippen LogP contribution in [0.25, 0.3) is 0 Å². The smallest absolute Gasteiger partial charge is 0.377 e. The molecule has 1 aliphatic rings. The monoisotopic (exact) mass is 309 g/mol. The molecule has 0 saturated carbocycles. The minimum absolute atomic E-state index is 0.00231. The van der Waals surface area contributed by atoms with Gasteiger partial charge in [-0.3, -0.25) is 0 Å².